The number of Topliss-reactive ketones (excluding diaryl/α,β-unsaturated/α-hetero) is 1. The van der Waals surface area contributed by atoms with Gasteiger partial charge in [-0.25, -0.2) is 0 Å². The van der Waals surface area contributed by atoms with E-state index >= 15 is 0 Å². The Kier molecular flexibility index (Phi) is 3.41. The van der Waals surface area contributed by atoms with Gasteiger partial charge in [0, 0.05) is 5.57 Å². The number of carbonyl (C=O) groups excluding carboxylic acids is 1. The molecule has 0 amide bonds. The molecule has 126 valence electrons. The van der Waals surface area contributed by atoms with Crippen molar-refractivity contribution in [2.75, 3.05) is 0 Å². The minimum atomic E-state index is -0.857. The second-order valence-electron chi connectivity index (χ2n) is 7.05. The normalized spacial score (nSPS) is 16.6. The van der Waals surface area contributed by atoms with Gasteiger partial charge in [0.2, 0.25) is 0 Å². The van der Waals surface area contributed by atoms with E-state index in [0.29, 0.717) is 22.8 Å². The zero-order chi connectivity index (χ0) is 18.0. The zero-order valence-electron chi connectivity index (χ0n) is 14.6. The van der Waals surface area contributed by atoms with Crippen molar-refractivity contribution in [3.05, 3.63) is 40.0 Å². The third-order valence-corrected chi connectivity index (χ3v) is 5.23. The van der Waals surface area contributed by atoms with Crippen molar-refractivity contribution >= 4 is 22.3 Å². The van der Waals surface area contributed by atoms with Crippen LogP contribution in [0.2, 0.25) is 0 Å². The number of allylic oxidation sites excluding steroid dienone is 1. The number of phenolic OH excluding ortho intramolecular Hbond substituents is 2. The third-order valence-electron chi connectivity index (χ3n) is 5.23. The van der Waals surface area contributed by atoms with Gasteiger partial charge in [-0.2, -0.15) is 0 Å². The number of aliphatic hydroxyl groups excluding tert-OH is 1. The highest BCUT2D eigenvalue weighted by Gasteiger charge is 2.41. The van der Waals surface area contributed by atoms with E-state index in [1.807, 2.05) is 19.9 Å². The molecule has 4 heteroatoms. The lowest BCUT2D eigenvalue weighted by atomic mass is 9.70. The molecule has 0 fully saturated rings. The predicted molar refractivity (Wildman–Crippen MR) is 94.6 cm³/mol. The second kappa shape index (κ2) is 5.00. The maximum atomic E-state index is 12.6. The number of carbonyl (C=O) groups is 1. The number of phenols is 2. The van der Waals surface area contributed by atoms with Gasteiger partial charge in [-0.3, -0.25) is 4.79 Å². The number of hydrogen-bond donors (Lipinski definition) is 3. The molecule has 0 atom stereocenters. The van der Waals surface area contributed by atoms with E-state index in [2.05, 4.69) is 0 Å². The Morgan fingerprint density at radius 3 is 2.25 bits per heavy atom. The molecule has 0 saturated carbocycles. The highest BCUT2D eigenvalue weighted by atomic mass is 16.3. The molecule has 0 aromatic heterocycles. The van der Waals surface area contributed by atoms with Crippen molar-refractivity contribution in [3.63, 3.8) is 0 Å². The van der Waals surface area contributed by atoms with Crippen LogP contribution in [-0.4, -0.2) is 21.1 Å². The number of rotatable bonds is 1. The quantitative estimate of drug-likeness (QED) is 0.731. The fraction of sp³-hybridized carbons (Fsp3) is 0.350. The van der Waals surface area contributed by atoms with Crippen molar-refractivity contribution in [3.8, 4) is 11.5 Å². The minimum Gasteiger partial charge on any atom is -0.507 e. The molecule has 1 aliphatic rings. The van der Waals surface area contributed by atoms with Gasteiger partial charge < -0.3 is 15.3 Å². The molecule has 3 rings (SSSR count). The Hall–Kier alpha value is -2.49. The second-order valence-corrected chi connectivity index (χ2v) is 7.05. The minimum absolute atomic E-state index is 0.0351. The molecule has 0 aliphatic heterocycles. The summed E-state index contributed by atoms with van der Waals surface area (Å²) in [6.07, 6.45) is 0.634. The topological polar surface area (TPSA) is 77.8 Å². The molecular formula is C20H22O4. The van der Waals surface area contributed by atoms with Gasteiger partial charge in [0.05, 0.1) is 16.4 Å². The molecule has 0 unspecified atom stereocenters. The van der Waals surface area contributed by atoms with E-state index < -0.39 is 5.41 Å². The summed E-state index contributed by atoms with van der Waals surface area (Å²) in [5.74, 6) is -0.524. The fourth-order valence-electron chi connectivity index (χ4n) is 3.77. The van der Waals surface area contributed by atoms with Crippen LogP contribution in [0.15, 0.2) is 17.7 Å². The van der Waals surface area contributed by atoms with Crippen LogP contribution in [0.25, 0.3) is 16.5 Å². The van der Waals surface area contributed by atoms with E-state index in [1.165, 1.54) is 0 Å². The standard InChI is InChI=1S/C20H22O4/c1-6-12-9(2)7-11-8-13-15(18(23)14(11)17(12)22)16(21)10(3)19(24)20(13,4)5/h7-8,21-23H,6H2,1-5H3. The van der Waals surface area contributed by atoms with Gasteiger partial charge in [0.1, 0.15) is 17.3 Å². The van der Waals surface area contributed by atoms with Crippen LogP contribution < -0.4 is 0 Å². The smallest absolute Gasteiger partial charge is 0.172 e. The van der Waals surface area contributed by atoms with Gasteiger partial charge in [-0.15, -0.1) is 0 Å². The van der Waals surface area contributed by atoms with Gasteiger partial charge >= 0.3 is 0 Å². The molecule has 24 heavy (non-hydrogen) atoms. The van der Waals surface area contributed by atoms with Crippen molar-refractivity contribution in [2.24, 2.45) is 0 Å². The molecule has 2 aromatic rings. The number of aromatic hydroxyl groups is 2. The highest BCUT2D eigenvalue weighted by Crippen LogP contribution is 2.49. The molecule has 3 N–H and O–H groups in total. The number of fused-ring (bicyclic) bond motifs is 2. The highest BCUT2D eigenvalue weighted by molar-refractivity contribution is 6.13. The van der Waals surface area contributed by atoms with Gasteiger partial charge in [-0.05, 0) is 62.3 Å². The molecule has 0 bridgehead atoms. The van der Waals surface area contributed by atoms with E-state index in [9.17, 15) is 20.1 Å². The average Bonchev–Trinajstić information content (AvgIpc) is 2.51. The lowest BCUT2D eigenvalue weighted by molar-refractivity contribution is -0.120. The number of benzene rings is 2. The number of aliphatic hydroxyl groups is 1. The first-order valence-corrected chi connectivity index (χ1v) is 8.09. The first-order chi connectivity index (χ1) is 11.1. The number of ketones is 1. The van der Waals surface area contributed by atoms with Crippen LogP contribution in [-0.2, 0) is 16.6 Å². The molecular weight excluding hydrogens is 304 g/mol. The molecule has 0 saturated heterocycles. The summed E-state index contributed by atoms with van der Waals surface area (Å²) in [6, 6.07) is 3.69. The largest absolute Gasteiger partial charge is 0.507 e. The summed E-state index contributed by atoms with van der Waals surface area (Å²) in [6.45, 7) is 8.96. The van der Waals surface area contributed by atoms with Gasteiger partial charge in [0.25, 0.3) is 0 Å². The maximum Gasteiger partial charge on any atom is 0.172 e. The predicted octanol–water partition coefficient (Wildman–Crippen LogP) is 4.27. The Labute approximate surface area is 141 Å². The first-order valence-electron chi connectivity index (χ1n) is 8.09. The maximum absolute atomic E-state index is 12.6. The Balaban J connectivity index is 2.55. The summed E-state index contributed by atoms with van der Waals surface area (Å²) in [5.41, 5.74) is 1.88. The van der Waals surface area contributed by atoms with Crippen LogP contribution in [0.1, 0.15) is 49.9 Å². The molecule has 0 heterocycles. The third kappa shape index (κ3) is 1.89. The SMILES string of the molecule is CCc1c(C)cc2cc3c(c(O)c2c1O)C(O)=C(C)C(=O)C3(C)C. The number of hydrogen-bond acceptors (Lipinski definition) is 4. The van der Waals surface area contributed by atoms with Crippen LogP contribution in [0, 0.1) is 6.92 Å². The average molecular weight is 326 g/mol. The van der Waals surface area contributed by atoms with E-state index in [4.69, 9.17) is 0 Å². The van der Waals surface area contributed by atoms with Crippen LogP contribution in [0.4, 0.5) is 0 Å². The van der Waals surface area contributed by atoms with Crippen LogP contribution in [0.5, 0.6) is 11.5 Å². The Morgan fingerprint density at radius 2 is 1.67 bits per heavy atom. The van der Waals surface area contributed by atoms with E-state index in [1.54, 1.807) is 26.8 Å². The summed E-state index contributed by atoms with van der Waals surface area (Å²) < 4.78 is 0. The first kappa shape index (κ1) is 16.4. The lowest BCUT2D eigenvalue weighted by Gasteiger charge is -2.32. The van der Waals surface area contributed by atoms with Crippen molar-refractivity contribution < 1.29 is 20.1 Å². The number of aryl methyl sites for hydroxylation is 1. The monoisotopic (exact) mass is 326 g/mol. The zero-order valence-corrected chi connectivity index (χ0v) is 14.6. The molecule has 0 radical (unpaired) electrons. The summed E-state index contributed by atoms with van der Waals surface area (Å²) in [4.78, 5) is 12.6. The van der Waals surface area contributed by atoms with Crippen molar-refractivity contribution in [1.29, 1.82) is 0 Å². The molecule has 1 aliphatic carbocycles. The van der Waals surface area contributed by atoms with E-state index in [-0.39, 0.29) is 34.2 Å². The fourth-order valence-corrected chi connectivity index (χ4v) is 3.77. The van der Waals surface area contributed by atoms with Crippen LogP contribution in [0.3, 0.4) is 0 Å². The summed E-state index contributed by atoms with van der Waals surface area (Å²) in [5, 5.41) is 32.9. The Bertz CT molecular complexity index is 933. The molecule has 2 aromatic carbocycles. The van der Waals surface area contributed by atoms with Crippen molar-refractivity contribution in [1.82, 2.24) is 0 Å². The molecule has 4 nitrogen and oxygen atoms in total. The molecule has 0 spiro atoms. The lowest BCUT2D eigenvalue weighted by Crippen LogP contribution is -2.34. The van der Waals surface area contributed by atoms with E-state index in [0.717, 1.165) is 11.1 Å². The van der Waals surface area contributed by atoms with Crippen LogP contribution >= 0.6 is 0 Å². The van der Waals surface area contributed by atoms with Gasteiger partial charge in [0.15, 0.2) is 5.78 Å². The Morgan fingerprint density at radius 1 is 1.04 bits per heavy atom. The summed E-state index contributed by atoms with van der Waals surface area (Å²) >= 11 is 0. The van der Waals surface area contributed by atoms with Crippen molar-refractivity contribution in [2.45, 2.75) is 46.5 Å². The van der Waals surface area contributed by atoms with Gasteiger partial charge in [-0.1, -0.05) is 13.0 Å². The summed E-state index contributed by atoms with van der Waals surface area (Å²) in [7, 11) is 0.